The second-order valence-corrected chi connectivity index (χ2v) is 7.72. The number of nitrogens with two attached hydrogens (primary N) is 1. The third-order valence-electron chi connectivity index (χ3n) is 4.52. The number of carbonyl (C=O) groups is 1. The largest absolute Gasteiger partial charge is 0.383 e. The van der Waals surface area contributed by atoms with Gasteiger partial charge in [-0.2, -0.15) is 0 Å². The Balaban J connectivity index is 1.76. The molecule has 0 bridgehead atoms. The van der Waals surface area contributed by atoms with Crippen molar-refractivity contribution in [1.29, 1.82) is 0 Å². The van der Waals surface area contributed by atoms with Gasteiger partial charge in [-0.15, -0.1) is 11.3 Å². The number of fused-ring (bicyclic) bond motifs is 1. The monoisotopic (exact) mass is 403 g/mol. The highest BCUT2D eigenvalue weighted by molar-refractivity contribution is 7.21. The maximum Gasteiger partial charge on any atom is 0.216 e. The fourth-order valence-electron chi connectivity index (χ4n) is 3.16. The van der Waals surface area contributed by atoms with Gasteiger partial charge in [-0.1, -0.05) is 42.5 Å². The van der Waals surface area contributed by atoms with Crippen molar-refractivity contribution in [3.63, 3.8) is 0 Å². The van der Waals surface area contributed by atoms with E-state index in [1.165, 1.54) is 6.92 Å². The molecule has 0 radical (unpaired) electrons. The molecular formula is C22H21N5OS. The first kappa shape index (κ1) is 19.0. The Hall–Kier alpha value is -3.32. The first-order chi connectivity index (χ1) is 14.1. The molecule has 2 aromatic carbocycles. The number of nitrogen functional groups attached to an aromatic ring is 1. The number of carbonyl (C=O) groups excluding carboxylic acids is 1. The number of para-hydroxylation sites is 1. The highest BCUT2D eigenvalue weighted by Crippen LogP contribution is 2.36. The molecule has 3 N–H and O–H groups in total. The molecule has 0 atom stereocenters. The Morgan fingerprint density at radius 2 is 1.79 bits per heavy atom. The second-order valence-electron chi connectivity index (χ2n) is 6.69. The molecule has 146 valence electrons. The summed E-state index contributed by atoms with van der Waals surface area (Å²) < 4.78 is 1.10. The van der Waals surface area contributed by atoms with Crippen LogP contribution in [0.3, 0.4) is 0 Å². The summed E-state index contributed by atoms with van der Waals surface area (Å²) in [4.78, 5) is 25.3. The predicted octanol–water partition coefficient (Wildman–Crippen LogP) is 4.07. The third-order valence-corrected chi connectivity index (χ3v) is 5.57. The van der Waals surface area contributed by atoms with E-state index in [2.05, 4.69) is 10.3 Å². The molecule has 0 aliphatic rings. The van der Waals surface area contributed by atoms with E-state index in [0.717, 1.165) is 38.5 Å². The van der Waals surface area contributed by atoms with Crippen LogP contribution in [0.5, 0.6) is 0 Å². The van der Waals surface area contributed by atoms with E-state index in [0.29, 0.717) is 24.6 Å². The van der Waals surface area contributed by atoms with Crippen LogP contribution in [-0.2, 0) is 11.2 Å². The summed E-state index contributed by atoms with van der Waals surface area (Å²) in [6, 6.07) is 17.8. The molecular weight excluding hydrogens is 382 g/mol. The number of benzene rings is 2. The number of aryl methyl sites for hydroxylation is 1. The molecule has 4 aromatic rings. The zero-order chi connectivity index (χ0) is 20.2. The lowest BCUT2D eigenvalue weighted by Crippen LogP contribution is -2.21. The predicted molar refractivity (Wildman–Crippen MR) is 117 cm³/mol. The molecule has 6 nitrogen and oxygen atoms in total. The van der Waals surface area contributed by atoms with Crippen molar-refractivity contribution in [2.24, 2.45) is 0 Å². The summed E-state index contributed by atoms with van der Waals surface area (Å²) in [7, 11) is 0. The van der Waals surface area contributed by atoms with Gasteiger partial charge in [-0.05, 0) is 25.0 Å². The number of rotatable bonds is 6. The van der Waals surface area contributed by atoms with E-state index >= 15 is 0 Å². The van der Waals surface area contributed by atoms with Crippen molar-refractivity contribution in [1.82, 2.24) is 20.3 Å². The lowest BCUT2D eigenvalue weighted by atomic mass is 10.1. The van der Waals surface area contributed by atoms with Crippen molar-refractivity contribution >= 4 is 33.3 Å². The molecule has 0 saturated carbocycles. The van der Waals surface area contributed by atoms with Crippen molar-refractivity contribution in [3.8, 4) is 22.0 Å². The fourth-order valence-corrected chi connectivity index (χ4v) is 4.20. The lowest BCUT2D eigenvalue weighted by molar-refractivity contribution is -0.118. The van der Waals surface area contributed by atoms with Crippen molar-refractivity contribution in [3.05, 3.63) is 60.3 Å². The van der Waals surface area contributed by atoms with Crippen LogP contribution in [0.25, 0.3) is 32.2 Å². The summed E-state index contributed by atoms with van der Waals surface area (Å²) in [6.07, 6.45) is 1.42. The van der Waals surface area contributed by atoms with E-state index in [1.54, 1.807) is 11.3 Å². The molecule has 2 heterocycles. The molecule has 1 amide bonds. The summed E-state index contributed by atoms with van der Waals surface area (Å²) in [5.41, 5.74) is 9.89. The Morgan fingerprint density at radius 3 is 2.55 bits per heavy atom. The number of hydrogen-bond donors (Lipinski definition) is 2. The number of thiazole rings is 1. The summed E-state index contributed by atoms with van der Waals surface area (Å²) in [5, 5.41) is 3.65. The van der Waals surface area contributed by atoms with Gasteiger partial charge in [-0.3, -0.25) is 4.79 Å². The van der Waals surface area contributed by atoms with E-state index in [-0.39, 0.29) is 5.91 Å². The zero-order valence-corrected chi connectivity index (χ0v) is 16.9. The maximum atomic E-state index is 11.2. The summed E-state index contributed by atoms with van der Waals surface area (Å²) in [5.74, 6) is 0.985. The molecule has 4 rings (SSSR count). The van der Waals surface area contributed by atoms with Gasteiger partial charge in [0.15, 0.2) is 5.82 Å². The van der Waals surface area contributed by atoms with E-state index < -0.39 is 0 Å². The maximum absolute atomic E-state index is 11.2. The van der Waals surface area contributed by atoms with E-state index in [9.17, 15) is 4.79 Å². The smallest absolute Gasteiger partial charge is 0.216 e. The van der Waals surface area contributed by atoms with Gasteiger partial charge < -0.3 is 11.1 Å². The van der Waals surface area contributed by atoms with Crippen molar-refractivity contribution in [2.75, 3.05) is 12.3 Å². The Morgan fingerprint density at radius 1 is 1.03 bits per heavy atom. The van der Waals surface area contributed by atoms with Gasteiger partial charge in [0, 0.05) is 19.0 Å². The minimum absolute atomic E-state index is 0.0384. The number of amides is 1. The molecule has 7 heteroatoms. The Kier molecular flexibility index (Phi) is 5.48. The van der Waals surface area contributed by atoms with Gasteiger partial charge in [0.25, 0.3) is 0 Å². The Bertz CT molecular complexity index is 1120. The number of anilines is 1. The van der Waals surface area contributed by atoms with Gasteiger partial charge in [0.1, 0.15) is 10.8 Å². The van der Waals surface area contributed by atoms with Crippen LogP contribution in [0.4, 0.5) is 5.82 Å². The summed E-state index contributed by atoms with van der Waals surface area (Å²) >= 11 is 1.58. The van der Waals surface area contributed by atoms with Crippen LogP contribution in [0.15, 0.2) is 54.6 Å². The van der Waals surface area contributed by atoms with E-state index in [1.807, 2.05) is 54.6 Å². The van der Waals surface area contributed by atoms with Gasteiger partial charge in [-0.25, -0.2) is 15.0 Å². The van der Waals surface area contributed by atoms with Crippen LogP contribution >= 0.6 is 11.3 Å². The molecule has 0 aliphatic carbocycles. The molecule has 0 unspecified atom stereocenters. The topological polar surface area (TPSA) is 93.8 Å². The van der Waals surface area contributed by atoms with Gasteiger partial charge in [0.2, 0.25) is 5.91 Å². The fraction of sp³-hybridized carbons (Fsp3) is 0.182. The standard InChI is InChI=1S/C22H21N5OS/c1-14(28)24-13-7-11-17-19(22-26-16-10-5-6-12-18(16)29-22)20(23)27-21(25-17)15-8-3-2-4-9-15/h2-6,8-10,12H,7,11,13H2,1H3,(H,24,28)(H2,23,25,27). The van der Waals surface area contributed by atoms with Crippen LogP contribution in [0.2, 0.25) is 0 Å². The first-order valence-electron chi connectivity index (χ1n) is 9.44. The van der Waals surface area contributed by atoms with Crippen LogP contribution < -0.4 is 11.1 Å². The first-order valence-corrected chi connectivity index (χ1v) is 10.3. The average Bonchev–Trinajstić information content (AvgIpc) is 3.15. The molecule has 0 saturated heterocycles. The quantitative estimate of drug-likeness (QED) is 0.473. The molecule has 0 spiro atoms. The summed E-state index contributed by atoms with van der Waals surface area (Å²) in [6.45, 7) is 2.10. The Labute approximate surface area is 172 Å². The normalized spacial score (nSPS) is 10.9. The number of aromatic nitrogens is 3. The van der Waals surface area contributed by atoms with Crippen molar-refractivity contribution < 1.29 is 4.79 Å². The highest BCUT2D eigenvalue weighted by Gasteiger charge is 2.18. The zero-order valence-electron chi connectivity index (χ0n) is 16.1. The van der Waals surface area contributed by atoms with Gasteiger partial charge >= 0.3 is 0 Å². The third kappa shape index (κ3) is 4.25. The number of hydrogen-bond acceptors (Lipinski definition) is 6. The van der Waals surface area contributed by atoms with Crippen LogP contribution in [0.1, 0.15) is 19.0 Å². The number of nitrogens with zero attached hydrogens (tertiary/aromatic N) is 3. The molecule has 29 heavy (non-hydrogen) atoms. The van der Waals surface area contributed by atoms with Gasteiger partial charge in [0.05, 0.1) is 21.5 Å². The minimum Gasteiger partial charge on any atom is -0.383 e. The second kappa shape index (κ2) is 8.36. The molecule has 0 aliphatic heterocycles. The molecule has 2 aromatic heterocycles. The average molecular weight is 404 g/mol. The molecule has 0 fully saturated rings. The minimum atomic E-state index is -0.0384. The van der Waals surface area contributed by atoms with Crippen LogP contribution in [0, 0.1) is 0 Å². The highest BCUT2D eigenvalue weighted by atomic mass is 32.1. The van der Waals surface area contributed by atoms with E-state index in [4.69, 9.17) is 15.7 Å². The SMILES string of the molecule is CC(=O)NCCCc1nc(-c2ccccc2)nc(N)c1-c1nc2ccccc2s1. The number of nitrogens with one attached hydrogen (secondary N) is 1. The van der Waals surface area contributed by atoms with Crippen LogP contribution in [-0.4, -0.2) is 27.4 Å². The lowest BCUT2D eigenvalue weighted by Gasteiger charge is -2.12. The van der Waals surface area contributed by atoms with Crippen molar-refractivity contribution in [2.45, 2.75) is 19.8 Å².